The second-order valence-electron chi connectivity index (χ2n) is 4.77. The number of phenols is 2. The molecule has 0 heterocycles. The molecule has 0 aliphatic heterocycles. The lowest BCUT2D eigenvalue weighted by Gasteiger charge is -1.99. The largest absolute Gasteiger partial charge is 0.508 e. The van der Waals surface area contributed by atoms with Crippen molar-refractivity contribution < 1.29 is 10.2 Å². The molecule has 3 aromatic rings. The van der Waals surface area contributed by atoms with Crippen molar-refractivity contribution in [1.29, 1.82) is 0 Å². The lowest BCUT2D eigenvalue weighted by molar-refractivity contribution is 0.467. The van der Waals surface area contributed by atoms with Crippen LogP contribution in [0.4, 0.5) is 0 Å². The molecule has 0 aromatic heterocycles. The van der Waals surface area contributed by atoms with Gasteiger partial charge < -0.3 is 10.2 Å². The van der Waals surface area contributed by atoms with E-state index in [1.54, 1.807) is 12.1 Å². The number of hydrogen-bond donors (Lipinski definition) is 2. The van der Waals surface area contributed by atoms with Crippen LogP contribution in [0.5, 0.6) is 11.5 Å². The molecular formula is C18H18O2. The van der Waals surface area contributed by atoms with E-state index in [0.29, 0.717) is 11.5 Å². The van der Waals surface area contributed by atoms with Crippen LogP contribution in [0.3, 0.4) is 0 Å². The third-order valence-corrected chi connectivity index (χ3v) is 3.17. The van der Waals surface area contributed by atoms with Crippen LogP contribution >= 0.6 is 0 Å². The summed E-state index contributed by atoms with van der Waals surface area (Å²) in [5.41, 5.74) is 1.88. The van der Waals surface area contributed by atoms with Crippen LogP contribution in [0.2, 0.25) is 0 Å². The molecule has 102 valence electrons. The predicted molar refractivity (Wildman–Crippen MR) is 83.2 cm³/mol. The zero-order chi connectivity index (χ0) is 14.5. The number of aryl methyl sites for hydroxylation is 2. The van der Waals surface area contributed by atoms with Crippen LogP contribution < -0.4 is 0 Å². The number of hydrogen-bond acceptors (Lipinski definition) is 2. The summed E-state index contributed by atoms with van der Waals surface area (Å²) >= 11 is 0. The third-order valence-electron chi connectivity index (χ3n) is 3.17. The van der Waals surface area contributed by atoms with Crippen LogP contribution in [-0.2, 0) is 0 Å². The van der Waals surface area contributed by atoms with Gasteiger partial charge in [0.1, 0.15) is 11.5 Å². The van der Waals surface area contributed by atoms with E-state index in [-0.39, 0.29) is 0 Å². The molecule has 2 nitrogen and oxygen atoms in total. The molecular weight excluding hydrogens is 248 g/mol. The first kappa shape index (κ1) is 13.9. The molecule has 0 fully saturated rings. The Balaban J connectivity index is 0.000000151. The summed E-state index contributed by atoms with van der Waals surface area (Å²) in [5, 5.41) is 20.6. The van der Waals surface area contributed by atoms with Crippen molar-refractivity contribution in [1.82, 2.24) is 0 Å². The zero-order valence-corrected chi connectivity index (χ0v) is 11.7. The first-order valence-corrected chi connectivity index (χ1v) is 6.51. The van der Waals surface area contributed by atoms with Gasteiger partial charge in [0, 0.05) is 0 Å². The number of benzene rings is 3. The van der Waals surface area contributed by atoms with E-state index < -0.39 is 0 Å². The fourth-order valence-electron chi connectivity index (χ4n) is 1.98. The molecule has 3 aromatic carbocycles. The first-order chi connectivity index (χ1) is 9.58. The highest BCUT2D eigenvalue weighted by atomic mass is 16.3. The second kappa shape index (κ2) is 6.11. The molecule has 2 heteroatoms. The van der Waals surface area contributed by atoms with Crippen LogP contribution in [0.1, 0.15) is 11.1 Å². The maximum atomic E-state index is 9.21. The zero-order valence-electron chi connectivity index (χ0n) is 11.7. The Kier molecular flexibility index (Phi) is 4.26. The first-order valence-electron chi connectivity index (χ1n) is 6.51. The van der Waals surface area contributed by atoms with Gasteiger partial charge in [0.05, 0.1) is 0 Å². The molecule has 0 unspecified atom stereocenters. The lowest BCUT2D eigenvalue weighted by Crippen LogP contribution is -1.76. The molecule has 0 saturated carbocycles. The summed E-state index contributed by atoms with van der Waals surface area (Å²) < 4.78 is 0. The van der Waals surface area contributed by atoms with Gasteiger partial charge in [-0.1, -0.05) is 48.5 Å². The highest BCUT2D eigenvalue weighted by Crippen LogP contribution is 2.19. The molecule has 20 heavy (non-hydrogen) atoms. The SMILES string of the molecule is Cc1cccc(C)c1O.Oc1ccc2ccccc2c1. The van der Waals surface area contributed by atoms with Gasteiger partial charge in [-0.3, -0.25) is 0 Å². The van der Waals surface area contributed by atoms with Crippen molar-refractivity contribution in [3.8, 4) is 11.5 Å². The van der Waals surface area contributed by atoms with Crippen LogP contribution in [0.25, 0.3) is 10.8 Å². The van der Waals surface area contributed by atoms with Crippen LogP contribution in [0.15, 0.2) is 60.7 Å². The molecule has 0 atom stereocenters. The fraction of sp³-hybridized carbons (Fsp3) is 0.111. The Morgan fingerprint density at radius 1 is 0.650 bits per heavy atom. The van der Waals surface area contributed by atoms with Crippen molar-refractivity contribution in [2.75, 3.05) is 0 Å². The van der Waals surface area contributed by atoms with Gasteiger partial charge in [0.2, 0.25) is 0 Å². The standard InChI is InChI=1S/C10H8O.C8H10O/c11-10-6-5-8-3-1-2-4-9(8)7-10;1-6-4-3-5-7(2)8(6)9/h1-7,11H;3-5,9H,1-2H3. The van der Waals surface area contributed by atoms with Gasteiger partial charge in [-0.2, -0.15) is 0 Å². The molecule has 0 radical (unpaired) electrons. The Labute approximate surface area is 118 Å². The fourth-order valence-corrected chi connectivity index (χ4v) is 1.98. The monoisotopic (exact) mass is 266 g/mol. The van der Waals surface area contributed by atoms with Crippen LogP contribution in [-0.4, -0.2) is 10.2 Å². The number of phenolic OH excluding ortho intramolecular Hbond substituents is 2. The molecule has 0 aliphatic rings. The Bertz CT molecular complexity index is 697. The van der Waals surface area contributed by atoms with E-state index in [9.17, 15) is 5.11 Å². The van der Waals surface area contributed by atoms with E-state index in [1.807, 2.05) is 62.4 Å². The maximum Gasteiger partial charge on any atom is 0.121 e. The number of rotatable bonds is 0. The Hall–Kier alpha value is -2.48. The Morgan fingerprint density at radius 3 is 1.85 bits per heavy atom. The number of para-hydroxylation sites is 1. The van der Waals surface area contributed by atoms with Gasteiger partial charge in [-0.25, -0.2) is 0 Å². The summed E-state index contributed by atoms with van der Waals surface area (Å²) in [4.78, 5) is 0. The average molecular weight is 266 g/mol. The topological polar surface area (TPSA) is 40.5 Å². The molecule has 0 amide bonds. The molecule has 0 spiro atoms. The molecule has 0 aliphatic carbocycles. The smallest absolute Gasteiger partial charge is 0.121 e. The average Bonchev–Trinajstić information content (AvgIpc) is 2.45. The Morgan fingerprint density at radius 2 is 1.25 bits per heavy atom. The van der Waals surface area contributed by atoms with Gasteiger partial charge in [0.25, 0.3) is 0 Å². The van der Waals surface area contributed by atoms with E-state index in [4.69, 9.17) is 5.11 Å². The minimum atomic E-state index is 0.323. The predicted octanol–water partition coefficient (Wildman–Crippen LogP) is 4.55. The summed E-state index contributed by atoms with van der Waals surface area (Å²) in [6.07, 6.45) is 0. The minimum absolute atomic E-state index is 0.323. The second-order valence-corrected chi connectivity index (χ2v) is 4.77. The highest BCUT2D eigenvalue weighted by Gasteiger charge is 1.95. The van der Waals surface area contributed by atoms with E-state index >= 15 is 0 Å². The van der Waals surface area contributed by atoms with Crippen molar-refractivity contribution in [2.45, 2.75) is 13.8 Å². The number of aromatic hydroxyl groups is 2. The minimum Gasteiger partial charge on any atom is -0.508 e. The van der Waals surface area contributed by atoms with E-state index in [0.717, 1.165) is 21.9 Å². The third kappa shape index (κ3) is 3.29. The maximum absolute atomic E-state index is 9.21. The highest BCUT2D eigenvalue weighted by molar-refractivity contribution is 5.83. The van der Waals surface area contributed by atoms with Crippen molar-refractivity contribution in [3.05, 3.63) is 71.8 Å². The normalized spacial score (nSPS) is 9.90. The van der Waals surface area contributed by atoms with Gasteiger partial charge >= 0.3 is 0 Å². The number of fused-ring (bicyclic) bond motifs is 1. The lowest BCUT2D eigenvalue weighted by atomic mass is 10.1. The quantitative estimate of drug-likeness (QED) is 0.626. The van der Waals surface area contributed by atoms with Gasteiger partial charge in [0.15, 0.2) is 0 Å². The van der Waals surface area contributed by atoms with Gasteiger partial charge in [-0.15, -0.1) is 0 Å². The summed E-state index contributed by atoms with van der Waals surface area (Å²) in [5.74, 6) is 0.737. The van der Waals surface area contributed by atoms with Crippen molar-refractivity contribution >= 4 is 10.8 Å². The molecule has 0 bridgehead atoms. The van der Waals surface area contributed by atoms with Gasteiger partial charge in [-0.05, 0) is 47.9 Å². The van der Waals surface area contributed by atoms with Crippen LogP contribution in [0, 0.1) is 13.8 Å². The van der Waals surface area contributed by atoms with Crippen molar-refractivity contribution in [3.63, 3.8) is 0 Å². The summed E-state index contributed by atoms with van der Waals surface area (Å²) in [6, 6.07) is 19.0. The molecule has 2 N–H and O–H groups in total. The molecule has 3 rings (SSSR count). The van der Waals surface area contributed by atoms with E-state index in [2.05, 4.69) is 0 Å². The van der Waals surface area contributed by atoms with E-state index in [1.165, 1.54) is 0 Å². The summed E-state index contributed by atoms with van der Waals surface area (Å²) in [6.45, 7) is 3.78. The van der Waals surface area contributed by atoms with Crippen molar-refractivity contribution in [2.24, 2.45) is 0 Å². The molecule has 0 saturated heterocycles. The summed E-state index contributed by atoms with van der Waals surface area (Å²) in [7, 11) is 0.